The first kappa shape index (κ1) is 13.9. The quantitative estimate of drug-likeness (QED) is 0.646. The van der Waals surface area contributed by atoms with Crippen LogP contribution in [0.4, 0.5) is 5.69 Å². The van der Waals surface area contributed by atoms with Crippen molar-refractivity contribution < 1.29 is 9.90 Å². The van der Waals surface area contributed by atoms with E-state index in [1.165, 1.54) is 0 Å². The summed E-state index contributed by atoms with van der Waals surface area (Å²) in [6, 6.07) is 4.90. The molecule has 0 radical (unpaired) electrons. The molecule has 0 saturated heterocycles. The average molecular weight is 344 g/mol. The van der Waals surface area contributed by atoms with E-state index in [-0.39, 0.29) is 0 Å². The molecule has 0 unspecified atom stereocenters. The highest BCUT2D eigenvalue weighted by molar-refractivity contribution is 14.1. The van der Waals surface area contributed by atoms with Gasteiger partial charge in [0.1, 0.15) is 18.4 Å². The van der Waals surface area contributed by atoms with E-state index in [2.05, 4.69) is 34.0 Å². The van der Waals surface area contributed by atoms with Crippen molar-refractivity contribution in [3.8, 4) is 6.07 Å². The Labute approximate surface area is 114 Å². The molecule has 0 bridgehead atoms. The molecule has 0 aliphatic heterocycles. The first-order valence-corrected chi connectivity index (χ1v) is 6.18. The molecule has 0 saturated carbocycles. The third-order valence-electron chi connectivity index (χ3n) is 2.50. The van der Waals surface area contributed by atoms with E-state index in [0.29, 0.717) is 11.8 Å². The number of aldehydes is 1. The summed E-state index contributed by atoms with van der Waals surface area (Å²) < 4.78 is 0.852. The lowest BCUT2D eigenvalue weighted by Gasteiger charge is -2.19. The van der Waals surface area contributed by atoms with Gasteiger partial charge in [-0.25, -0.2) is 0 Å². The molecule has 0 amide bonds. The Hall–Kier alpha value is -1.13. The molecule has 0 aliphatic carbocycles. The van der Waals surface area contributed by atoms with Gasteiger partial charge >= 0.3 is 0 Å². The highest BCUT2D eigenvalue weighted by Gasteiger charge is 2.15. The number of anilines is 1. The summed E-state index contributed by atoms with van der Waals surface area (Å²) in [5.74, 6) is 0. The zero-order valence-electron chi connectivity index (χ0n) is 9.57. The monoisotopic (exact) mass is 344 g/mol. The van der Waals surface area contributed by atoms with Gasteiger partial charge in [-0.1, -0.05) is 0 Å². The molecule has 5 heteroatoms. The Bertz CT molecular complexity index is 466. The summed E-state index contributed by atoms with van der Waals surface area (Å²) in [6.45, 7) is 3.42. The minimum atomic E-state index is -0.764. The van der Waals surface area contributed by atoms with Crippen molar-refractivity contribution in [3.63, 3.8) is 0 Å². The zero-order valence-corrected chi connectivity index (χ0v) is 11.7. The summed E-state index contributed by atoms with van der Waals surface area (Å²) in [4.78, 5) is 10.8. The van der Waals surface area contributed by atoms with E-state index in [9.17, 15) is 9.90 Å². The Morgan fingerprint density at radius 1 is 1.59 bits per heavy atom. The van der Waals surface area contributed by atoms with Crippen LogP contribution in [0.5, 0.6) is 0 Å². The first-order valence-electron chi connectivity index (χ1n) is 5.10. The molecule has 1 rings (SSSR count). The Morgan fingerprint density at radius 3 is 2.71 bits per heavy atom. The predicted octanol–water partition coefficient (Wildman–Crippen LogP) is 1.83. The van der Waals surface area contributed by atoms with Gasteiger partial charge < -0.3 is 15.2 Å². The summed E-state index contributed by atoms with van der Waals surface area (Å²) >= 11 is 2.09. The first-order chi connectivity index (χ1) is 8.01. The van der Waals surface area contributed by atoms with Gasteiger partial charge in [0.2, 0.25) is 0 Å². The fourth-order valence-electron chi connectivity index (χ4n) is 1.38. The number of benzene rings is 1. The lowest BCUT2D eigenvalue weighted by atomic mass is 10.1. The second kappa shape index (κ2) is 5.98. The number of halogens is 1. The van der Waals surface area contributed by atoms with Crippen LogP contribution < -0.4 is 5.32 Å². The molecular formula is C12H13IN2O2. The van der Waals surface area contributed by atoms with Crippen molar-refractivity contribution in [3.05, 3.63) is 26.8 Å². The van der Waals surface area contributed by atoms with Gasteiger partial charge in [0.15, 0.2) is 0 Å². The number of nitrogens with one attached hydrogen (secondary N) is 1. The maximum Gasteiger partial charge on any atom is 0.144 e. The number of carbonyl (C=O) groups excluding carboxylic acids is 1. The third-order valence-corrected chi connectivity index (χ3v) is 3.89. The summed E-state index contributed by atoms with van der Waals surface area (Å²) in [7, 11) is 0. The predicted molar refractivity (Wildman–Crippen MR) is 73.8 cm³/mol. The number of hydrogen-bond donors (Lipinski definition) is 2. The smallest absolute Gasteiger partial charge is 0.144 e. The van der Waals surface area contributed by atoms with Crippen LogP contribution in [0.25, 0.3) is 0 Å². The minimum absolute atomic E-state index is 0.605. The molecule has 1 aromatic rings. The van der Waals surface area contributed by atoms with Crippen LogP contribution in [0.2, 0.25) is 0 Å². The second-order valence-electron chi connectivity index (χ2n) is 3.76. The lowest BCUT2D eigenvalue weighted by molar-refractivity contribution is -0.110. The van der Waals surface area contributed by atoms with Crippen LogP contribution in [0, 0.1) is 21.8 Å². The highest BCUT2D eigenvalue weighted by Crippen LogP contribution is 2.24. The van der Waals surface area contributed by atoms with Crippen molar-refractivity contribution in [1.29, 1.82) is 5.26 Å². The van der Waals surface area contributed by atoms with Crippen LogP contribution in [0.15, 0.2) is 12.1 Å². The van der Waals surface area contributed by atoms with Crippen LogP contribution in [0.3, 0.4) is 0 Å². The van der Waals surface area contributed by atoms with Gasteiger partial charge in [0.05, 0.1) is 11.7 Å². The number of aliphatic hydroxyl groups is 1. The molecule has 2 atom stereocenters. The number of nitriles is 1. The van der Waals surface area contributed by atoms with Crippen molar-refractivity contribution in [2.45, 2.75) is 26.0 Å². The van der Waals surface area contributed by atoms with Crippen LogP contribution in [0.1, 0.15) is 18.1 Å². The van der Waals surface area contributed by atoms with Gasteiger partial charge in [-0.3, -0.25) is 0 Å². The minimum Gasteiger partial charge on any atom is -0.391 e. The maximum atomic E-state index is 10.8. The standard InChI is InChI=1S/C12H13IN2O2/c1-7-10(15-11(6-16)8(2)17)4-3-9(5-14)12(7)13/h3-4,6,8,11,15,17H,1-2H3/t8-,11+/m1/s1. The van der Waals surface area contributed by atoms with E-state index in [0.717, 1.165) is 14.8 Å². The van der Waals surface area contributed by atoms with E-state index >= 15 is 0 Å². The van der Waals surface area contributed by atoms with Gasteiger partial charge in [-0.05, 0) is 54.1 Å². The molecule has 0 aliphatic rings. The van der Waals surface area contributed by atoms with Crippen LogP contribution in [-0.2, 0) is 4.79 Å². The number of nitrogens with zero attached hydrogens (tertiary/aromatic N) is 1. The van der Waals surface area contributed by atoms with Crippen molar-refractivity contribution >= 4 is 34.6 Å². The molecular weight excluding hydrogens is 331 g/mol. The van der Waals surface area contributed by atoms with E-state index in [4.69, 9.17) is 5.26 Å². The normalized spacial score (nSPS) is 13.6. The maximum absolute atomic E-state index is 10.8. The summed E-state index contributed by atoms with van der Waals surface area (Å²) in [5, 5.41) is 21.2. The number of hydrogen-bond acceptors (Lipinski definition) is 4. The van der Waals surface area contributed by atoms with Crippen LogP contribution >= 0.6 is 22.6 Å². The molecule has 2 N–H and O–H groups in total. The molecule has 0 fully saturated rings. The van der Waals surface area contributed by atoms with E-state index in [1.807, 2.05) is 6.92 Å². The van der Waals surface area contributed by atoms with E-state index in [1.54, 1.807) is 19.1 Å². The Balaban J connectivity index is 3.05. The van der Waals surface area contributed by atoms with Gasteiger partial charge in [0, 0.05) is 9.26 Å². The highest BCUT2D eigenvalue weighted by atomic mass is 127. The third kappa shape index (κ3) is 3.17. The molecule has 4 nitrogen and oxygen atoms in total. The number of rotatable bonds is 4. The topological polar surface area (TPSA) is 73.1 Å². The Kier molecular flexibility index (Phi) is 4.90. The largest absolute Gasteiger partial charge is 0.391 e. The number of carbonyl (C=O) groups is 1. The fourth-order valence-corrected chi connectivity index (χ4v) is 1.97. The molecule has 90 valence electrons. The fraction of sp³-hybridized carbons (Fsp3) is 0.333. The SMILES string of the molecule is Cc1c(N[C@@H](C=O)[C@@H](C)O)ccc(C#N)c1I. The van der Waals surface area contributed by atoms with Gasteiger partial charge in [-0.15, -0.1) is 0 Å². The molecule has 17 heavy (non-hydrogen) atoms. The Morgan fingerprint density at radius 2 is 2.24 bits per heavy atom. The van der Waals surface area contributed by atoms with Gasteiger partial charge in [0.25, 0.3) is 0 Å². The van der Waals surface area contributed by atoms with Crippen LogP contribution in [-0.4, -0.2) is 23.5 Å². The summed E-state index contributed by atoms with van der Waals surface area (Å²) in [6.07, 6.45) is -0.0879. The van der Waals surface area contributed by atoms with Crippen molar-refractivity contribution in [2.75, 3.05) is 5.32 Å². The average Bonchev–Trinajstić information content (AvgIpc) is 2.30. The van der Waals surface area contributed by atoms with Crippen molar-refractivity contribution in [2.24, 2.45) is 0 Å². The molecule has 0 spiro atoms. The van der Waals surface area contributed by atoms with Gasteiger partial charge in [-0.2, -0.15) is 5.26 Å². The zero-order chi connectivity index (χ0) is 13.0. The van der Waals surface area contributed by atoms with E-state index < -0.39 is 12.1 Å². The molecule has 1 aromatic carbocycles. The summed E-state index contributed by atoms with van der Waals surface area (Å²) in [5.41, 5.74) is 2.26. The van der Waals surface area contributed by atoms with Crippen molar-refractivity contribution in [1.82, 2.24) is 0 Å². The lowest BCUT2D eigenvalue weighted by Crippen LogP contribution is -2.33. The molecule has 0 aromatic heterocycles. The second-order valence-corrected chi connectivity index (χ2v) is 4.84. The number of aliphatic hydroxyl groups excluding tert-OH is 1. The molecule has 0 heterocycles.